The number of nitro groups is 1. The van der Waals surface area contributed by atoms with Gasteiger partial charge in [-0.3, -0.25) is 10.1 Å². The molecule has 5 nitrogen and oxygen atoms in total. The van der Waals surface area contributed by atoms with Gasteiger partial charge in [-0.2, -0.15) is 13.2 Å². The summed E-state index contributed by atoms with van der Waals surface area (Å²) in [5, 5.41) is 13.4. The lowest BCUT2D eigenvalue weighted by Crippen LogP contribution is -2.38. The van der Waals surface area contributed by atoms with Crippen molar-refractivity contribution in [1.29, 1.82) is 0 Å². The van der Waals surface area contributed by atoms with Crippen molar-refractivity contribution in [3.05, 3.63) is 28.0 Å². The number of rotatable bonds is 4. The first kappa shape index (κ1) is 14.8. The van der Waals surface area contributed by atoms with Crippen LogP contribution in [0.1, 0.15) is 31.4 Å². The SMILES string of the molecule is O=[N+]([O-])c1ccc(CNC2CCCC(C(F)(F)F)C2)o1. The van der Waals surface area contributed by atoms with E-state index in [-0.39, 0.29) is 31.3 Å². The van der Waals surface area contributed by atoms with Crippen LogP contribution in [0.15, 0.2) is 16.5 Å². The summed E-state index contributed by atoms with van der Waals surface area (Å²) < 4.78 is 42.9. The lowest BCUT2D eigenvalue weighted by atomic mass is 9.85. The molecule has 0 aliphatic heterocycles. The van der Waals surface area contributed by atoms with Gasteiger partial charge in [-0.05, 0) is 25.3 Å². The Kier molecular flexibility index (Phi) is 4.32. The summed E-state index contributed by atoms with van der Waals surface area (Å²) in [6, 6.07) is 2.45. The summed E-state index contributed by atoms with van der Waals surface area (Å²) in [7, 11) is 0. The van der Waals surface area contributed by atoms with E-state index < -0.39 is 17.0 Å². The van der Waals surface area contributed by atoms with Crippen LogP contribution in [0, 0.1) is 16.0 Å². The van der Waals surface area contributed by atoms with Crippen LogP contribution in [-0.4, -0.2) is 17.1 Å². The number of furan rings is 1. The number of halogens is 3. The van der Waals surface area contributed by atoms with Gasteiger partial charge >= 0.3 is 12.1 Å². The molecule has 0 radical (unpaired) electrons. The van der Waals surface area contributed by atoms with Gasteiger partial charge < -0.3 is 9.73 Å². The van der Waals surface area contributed by atoms with E-state index in [2.05, 4.69) is 5.32 Å². The fraction of sp³-hybridized carbons (Fsp3) is 0.667. The molecule has 0 aromatic carbocycles. The Balaban J connectivity index is 1.85. The van der Waals surface area contributed by atoms with Crippen LogP contribution in [0.2, 0.25) is 0 Å². The number of nitrogens with zero attached hydrogens (tertiary/aromatic N) is 1. The van der Waals surface area contributed by atoms with Gasteiger partial charge in [0.15, 0.2) is 0 Å². The maximum absolute atomic E-state index is 12.6. The third-order valence-corrected chi connectivity index (χ3v) is 3.53. The Morgan fingerprint density at radius 2 is 2.15 bits per heavy atom. The third-order valence-electron chi connectivity index (χ3n) is 3.53. The predicted octanol–water partition coefficient (Wildman–Crippen LogP) is 3.40. The van der Waals surface area contributed by atoms with Gasteiger partial charge in [-0.1, -0.05) is 6.42 Å². The van der Waals surface area contributed by atoms with Gasteiger partial charge in [0.2, 0.25) is 0 Å². The molecule has 0 bridgehead atoms. The van der Waals surface area contributed by atoms with Crippen molar-refractivity contribution in [3.8, 4) is 0 Å². The molecule has 2 atom stereocenters. The number of hydrogen-bond acceptors (Lipinski definition) is 4. The first-order valence-electron chi connectivity index (χ1n) is 6.39. The second-order valence-corrected chi connectivity index (χ2v) is 4.98. The first-order valence-corrected chi connectivity index (χ1v) is 6.39. The van der Waals surface area contributed by atoms with E-state index >= 15 is 0 Å². The summed E-state index contributed by atoms with van der Waals surface area (Å²) in [5.74, 6) is -1.27. The van der Waals surface area contributed by atoms with Crippen molar-refractivity contribution in [2.24, 2.45) is 5.92 Å². The maximum atomic E-state index is 12.6. The number of nitrogens with one attached hydrogen (secondary N) is 1. The van der Waals surface area contributed by atoms with Crippen LogP contribution in [0.3, 0.4) is 0 Å². The molecule has 112 valence electrons. The fourth-order valence-corrected chi connectivity index (χ4v) is 2.48. The molecule has 1 aromatic rings. The lowest BCUT2D eigenvalue weighted by molar-refractivity contribution is -0.402. The molecule has 2 unspecified atom stereocenters. The largest absolute Gasteiger partial charge is 0.433 e. The summed E-state index contributed by atoms with van der Waals surface area (Å²) in [4.78, 5) is 9.79. The Labute approximate surface area is 113 Å². The normalized spacial score (nSPS) is 23.8. The predicted molar refractivity (Wildman–Crippen MR) is 64.0 cm³/mol. The molecule has 1 aromatic heterocycles. The summed E-state index contributed by atoms with van der Waals surface area (Å²) in [6.45, 7) is 0.198. The minimum atomic E-state index is -4.15. The minimum Gasteiger partial charge on any atom is -0.404 e. The molecule has 2 rings (SSSR count). The number of alkyl halides is 3. The molecule has 0 saturated heterocycles. The highest BCUT2D eigenvalue weighted by molar-refractivity contribution is 5.17. The van der Waals surface area contributed by atoms with Crippen molar-refractivity contribution < 1.29 is 22.5 Å². The van der Waals surface area contributed by atoms with Crippen LogP contribution in [0.4, 0.5) is 19.1 Å². The van der Waals surface area contributed by atoms with Gasteiger partial charge in [0.05, 0.1) is 18.5 Å². The van der Waals surface area contributed by atoms with E-state index in [1.165, 1.54) is 12.1 Å². The van der Waals surface area contributed by atoms with Crippen molar-refractivity contribution in [3.63, 3.8) is 0 Å². The van der Waals surface area contributed by atoms with Crippen LogP contribution < -0.4 is 5.32 Å². The maximum Gasteiger partial charge on any atom is 0.433 e. The average molecular weight is 292 g/mol. The first-order chi connectivity index (χ1) is 9.36. The molecular formula is C12H15F3N2O3. The quantitative estimate of drug-likeness (QED) is 0.682. The summed E-state index contributed by atoms with van der Waals surface area (Å²) in [5.41, 5.74) is 0. The molecule has 1 aliphatic carbocycles. The zero-order chi connectivity index (χ0) is 14.8. The van der Waals surface area contributed by atoms with Crippen LogP contribution in [-0.2, 0) is 6.54 Å². The fourth-order valence-electron chi connectivity index (χ4n) is 2.48. The van der Waals surface area contributed by atoms with Crippen molar-refractivity contribution in [1.82, 2.24) is 5.32 Å². The zero-order valence-corrected chi connectivity index (χ0v) is 10.7. The Morgan fingerprint density at radius 1 is 1.40 bits per heavy atom. The summed E-state index contributed by atoms with van der Waals surface area (Å²) in [6.07, 6.45) is -2.72. The highest BCUT2D eigenvalue weighted by Gasteiger charge is 2.42. The smallest absolute Gasteiger partial charge is 0.404 e. The molecule has 1 heterocycles. The molecular weight excluding hydrogens is 277 g/mol. The van der Waals surface area contributed by atoms with Crippen LogP contribution in [0.25, 0.3) is 0 Å². The second kappa shape index (κ2) is 5.82. The van der Waals surface area contributed by atoms with Gasteiger partial charge in [0.25, 0.3) is 0 Å². The van der Waals surface area contributed by atoms with E-state index in [9.17, 15) is 23.3 Å². The minimum absolute atomic E-state index is 0.0479. The van der Waals surface area contributed by atoms with Crippen LogP contribution >= 0.6 is 0 Å². The van der Waals surface area contributed by atoms with Gasteiger partial charge in [0, 0.05) is 6.04 Å². The highest BCUT2D eigenvalue weighted by Crippen LogP contribution is 2.37. The van der Waals surface area contributed by atoms with E-state index in [1.54, 1.807) is 0 Å². The topological polar surface area (TPSA) is 68.3 Å². The molecule has 0 spiro atoms. The van der Waals surface area contributed by atoms with Gasteiger partial charge in [-0.15, -0.1) is 0 Å². The standard InChI is InChI=1S/C12H15F3N2O3/c13-12(14,15)8-2-1-3-9(6-8)16-7-10-4-5-11(20-10)17(18)19/h4-5,8-9,16H,1-3,6-7H2. The molecule has 20 heavy (non-hydrogen) atoms. The Hall–Kier alpha value is -1.57. The molecule has 8 heteroatoms. The average Bonchev–Trinajstić information content (AvgIpc) is 2.85. The Morgan fingerprint density at radius 3 is 2.75 bits per heavy atom. The highest BCUT2D eigenvalue weighted by atomic mass is 19.4. The van der Waals surface area contributed by atoms with E-state index in [0.717, 1.165) is 0 Å². The lowest BCUT2D eigenvalue weighted by Gasteiger charge is -2.30. The molecule has 0 amide bonds. The molecule has 1 fully saturated rings. The van der Waals surface area contributed by atoms with Crippen molar-refractivity contribution in [2.75, 3.05) is 0 Å². The molecule has 1 aliphatic rings. The molecule has 1 saturated carbocycles. The monoisotopic (exact) mass is 292 g/mol. The summed E-state index contributed by atoms with van der Waals surface area (Å²) >= 11 is 0. The van der Waals surface area contributed by atoms with Crippen molar-refractivity contribution >= 4 is 5.88 Å². The Bertz CT molecular complexity index is 473. The van der Waals surface area contributed by atoms with Crippen LogP contribution in [0.5, 0.6) is 0 Å². The van der Waals surface area contributed by atoms with E-state index in [0.29, 0.717) is 18.6 Å². The van der Waals surface area contributed by atoms with Crippen molar-refractivity contribution in [2.45, 2.75) is 44.4 Å². The molecule has 1 N–H and O–H groups in total. The van der Waals surface area contributed by atoms with Gasteiger partial charge in [-0.25, -0.2) is 0 Å². The second-order valence-electron chi connectivity index (χ2n) is 4.98. The van der Waals surface area contributed by atoms with Gasteiger partial charge in [0.1, 0.15) is 10.7 Å². The van der Waals surface area contributed by atoms with E-state index in [1.807, 2.05) is 0 Å². The number of hydrogen-bond donors (Lipinski definition) is 1. The zero-order valence-electron chi connectivity index (χ0n) is 10.7. The third kappa shape index (κ3) is 3.72. The van der Waals surface area contributed by atoms with E-state index in [4.69, 9.17) is 4.42 Å².